The van der Waals surface area contributed by atoms with Gasteiger partial charge in [0.2, 0.25) is 5.91 Å². The minimum atomic E-state index is -1.60. The number of carboxylic acids is 1. The molecule has 0 saturated carbocycles. The Hall–Kier alpha value is -1.30. The summed E-state index contributed by atoms with van der Waals surface area (Å²) in [6, 6.07) is 4.46. The van der Waals surface area contributed by atoms with E-state index in [2.05, 4.69) is 5.32 Å². The molecule has 1 saturated heterocycles. The van der Waals surface area contributed by atoms with Crippen molar-refractivity contribution >= 4 is 35.1 Å². The first kappa shape index (κ1) is 16.1. The Morgan fingerprint density at radius 3 is 2.62 bits per heavy atom. The Kier molecular flexibility index (Phi) is 4.76. The quantitative estimate of drug-likeness (QED) is 0.889. The summed E-state index contributed by atoms with van der Waals surface area (Å²) in [6.07, 6.45) is 0.767. The van der Waals surface area contributed by atoms with Crippen molar-refractivity contribution in [3.8, 4) is 0 Å². The molecule has 114 valence electrons. The zero-order valence-electron chi connectivity index (χ0n) is 11.4. The van der Waals surface area contributed by atoms with Gasteiger partial charge in [-0.3, -0.25) is 4.79 Å². The van der Waals surface area contributed by atoms with E-state index in [-0.39, 0.29) is 5.02 Å². The van der Waals surface area contributed by atoms with E-state index >= 15 is 0 Å². The predicted octanol–water partition coefficient (Wildman–Crippen LogP) is 2.59. The van der Waals surface area contributed by atoms with Gasteiger partial charge in [0.05, 0.1) is 10.0 Å². The minimum absolute atomic E-state index is 0.230. The Balaban J connectivity index is 2.28. The molecule has 0 spiro atoms. The number of aliphatic carboxylic acids is 1. The fourth-order valence-electron chi connectivity index (χ4n) is 2.17. The van der Waals surface area contributed by atoms with E-state index in [1.807, 2.05) is 0 Å². The first-order valence-corrected chi connectivity index (χ1v) is 7.23. The number of halogens is 2. The summed E-state index contributed by atoms with van der Waals surface area (Å²) in [5.41, 5.74) is -1.26. The molecule has 0 aliphatic carbocycles. The lowest BCUT2D eigenvalue weighted by atomic mass is 9.91. The fraction of sp³-hybridized carbons (Fsp3) is 0.429. The number of carbonyl (C=O) groups excluding carboxylic acids is 1. The monoisotopic (exact) mass is 331 g/mol. The van der Waals surface area contributed by atoms with Gasteiger partial charge in [-0.1, -0.05) is 29.3 Å². The molecule has 2 N–H and O–H groups in total. The molecule has 21 heavy (non-hydrogen) atoms. The molecule has 2 rings (SSSR count). The number of ether oxygens (including phenoxy) is 1. The number of nitrogens with one attached hydrogen (secondary N) is 1. The van der Waals surface area contributed by atoms with Crippen LogP contribution in [0.2, 0.25) is 10.0 Å². The number of amides is 1. The molecule has 0 aromatic heterocycles. The van der Waals surface area contributed by atoms with E-state index in [9.17, 15) is 14.7 Å². The second-order valence-electron chi connectivity index (χ2n) is 5.05. The van der Waals surface area contributed by atoms with Gasteiger partial charge in [-0.25, -0.2) is 4.79 Å². The largest absolute Gasteiger partial charge is 0.479 e. The molecule has 1 heterocycles. The average Bonchev–Trinajstić information content (AvgIpc) is 2.95. The molecule has 5 nitrogen and oxygen atoms in total. The molecule has 2 unspecified atom stereocenters. The second kappa shape index (κ2) is 6.22. The van der Waals surface area contributed by atoms with Crippen LogP contribution in [0.15, 0.2) is 18.2 Å². The highest BCUT2D eigenvalue weighted by Crippen LogP contribution is 2.29. The van der Waals surface area contributed by atoms with Gasteiger partial charge in [-0.2, -0.15) is 0 Å². The van der Waals surface area contributed by atoms with Crippen LogP contribution in [0.4, 0.5) is 0 Å². The Morgan fingerprint density at radius 2 is 2.10 bits per heavy atom. The van der Waals surface area contributed by atoms with Crippen LogP contribution in [0.1, 0.15) is 25.3 Å². The Bertz CT molecular complexity index is 572. The van der Waals surface area contributed by atoms with Gasteiger partial charge >= 0.3 is 5.97 Å². The van der Waals surface area contributed by atoms with Crippen molar-refractivity contribution < 1.29 is 19.4 Å². The second-order valence-corrected chi connectivity index (χ2v) is 5.86. The van der Waals surface area contributed by atoms with Crippen LogP contribution in [0, 0.1) is 0 Å². The minimum Gasteiger partial charge on any atom is -0.479 e. The highest BCUT2D eigenvalue weighted by molar-refractivity contribution is 6.42. The van der Waals surface area contributed by atoms with E-state index < -0.39 is 23.5 Å². The molecule has 2 atom stereocenters. The van der Waals surface area contributed by atoms with Crippen LogP contribution in [0.5, 0.6) is 0 Å². The summed E-state index contributed by atoms with van der Waals surface area (Å²) in [4.78, 5) is 23.8. The van der Waals surface area contributed by atoms with Gasteiger partial charge in [-0.15, -0.1) is 0 Å². The summed E-state index contributed by atoms with van der Waals surface area (Å²) in [7, 11) is 0. The van der Waals surface area contributed by atoms with Gasteiger partial charge in [0, 0.05) is 6.61 Å². The van der Waals surface area contributed by atoms with Gasteiger partial charge in [0.1, 0.15) is 6.10 Å². The SMILES string of the molecule is CC(NC(=O)C1CCCO1)(C(=O)O)c1ccc(Cl)c(Cl)c1. The van der Waals surface area contributed by atoms with E-state index in [4.69, 9.17) is 27.9 Å². The topological polar surface area (TPSA) is 75.6 Å². The van der Waals surface area contributed by atoms with Crippen LogP contribution < -0.4 is 5.32 Å². The van der Waals surface area contributed by atoms with Crippen molar-refractivity contribution in [2.24, 2.45) is 0 Å². The third-order valence-electron chi connectivity index (χ3n) is 3.52. The standard InChI is InChI=1S/C14H15Cl2NO4/c1-14(13(19)20,8-4-5-9(15)10(16)7-8)17-12(18)11-3-2-6-21-11/h4-5,7,11H,2-3,6H2,1H3,(H,17,18)(H,19,20). The maximum absolute atomic E-state index is 12.1. The lowest BCUT2D eigenvalue weighted by Gasteiger charge is -2.28. The third-order valence-corrected chi connectivity index (χ3v) is 4.26. The number of benzene rings is 1. The van der Waals surface area contributed by atoms with Crippen molar-refractivity contribution in [1.29, 1.82) is 0 Å². The Labute approximate surface area is 132 Å². The van der Waals surface area contributed by atoms with Crippen LogP contribution >= 0.6 is 23.2 Å². The molecule has 1 aliphatic rings. The summed E-state index contributed by atoms with van der Waals surface area (Å²) in [6.45, 7) is 1.91. The highest BCUT2D eigenvalue weighted by atomic mass is 35.5. The normalized spacial score (nSPS) is 20.8. The van der Waals surface area contributed by atoms with E-state index in [1.165, 1.54) is 25.1 Å². The van der Waals surface area contributed by atoms with Gasteiger partial charge in [-0.05, 0) is 37.5 Å². The maximum Gasteiger partial charge on any atom is 0.333 e. The van der Waals surface area contributed by atoms with Gasteiger partial charge in [0.15, 0.2) is 5.54 Å². The molecule has 1 aromatic carbocycles. The number of hydrogen-bond donors (Lipinski definition) is 2. The summed E-state index contributed by atoms with van der Waals surface area (Å²) in [5.74, 6) is -1.63. The number of carbonyl (C=O) groups is 2. The molecule has 1 amide bonds. The fourth-order valence-corrected chi connectivity index (χ4v) is 2.47. The van der Waals surface area contributed by atoms with Crippen molar-refractivity contribution in [2.75, 3.05) is 6.61 Å². The van der Waals surface area contributed by atoms with Crippen LogP contribution in [0.3, 0.4) is 0 Å². The summed E-state index contributed by atoms with van der Waals surface area (Å²) < 4.78 is 5.27. The van der Waals surface area contributed by atoms with Crippen molar-refractivity contribution in [3.05, 3.63) is 33.8 Å². The smallest absolute Gasteiger partial charge is 0.333 e. The lowest BCUT2D eigenvalue weighted by Crippen LogP contribution is -2.52. The van der Waals surface area contributed by atoms with Crippen LogP contribution in [0.25, 0.3) is 0 Å². The molecule has 0 radical (unpaired) electrons. The third kappa shape index (κ3) is 3.31. The maximum atomic E-state index is 12.1. The molecular weight excluding hydrogens is 317 g/mol. The lowest BCUT2D eigenvalue weighted by molar-refractivity contribution is -0.149. The van der Waals surface area contributed by atoms with Gasteiger partial charge in [0.25, 0.3) is 0 Å². The van der Waals surface area contributed by atoms with Crippen molar-refractivity contribution in [2.45, 2.75) is 31.4 Å². The highest BCUT2D eigenvalue weighted by Gasteiger charge is 2.39. The van der Waals surface area contributed by atoms with Gasteiger partial charge < -0.3 is 15.2 Å². The molecule has 1 aromatic rings. The number of hydrogen-bond acceptors (Lipinski definition) is 3. The molecular formula is C14H15Cl2NO4. The Morgan fingerprint density at radius 1 is 1.38 bits per heavy atom. The van der Waals surface area contributed by atoms with Crippen LogP contribution in [-0.2, 0) is 19.9 Å². The average molecular weight is 332 g/mol. The number of rotatable bonds is 4. The van der Waals surface area contributed by atoms with E-state index in [1.54, 1.807) is 0 Å². The predicted molar refractivity (Wildman–Crippen MR) is 78.6 cm³/mol. The van der Waals surface area contributed by atoms with Crippen molar-refractivity contribution in [1.82, 2.24) is 5.32 Å². The zero-order valence-corrected chi connectivity index (χ0v) is 12.9. The van der Waals surface area contributed by atoms with E-state index in [0.717, 1.165) is 6.42 Å². The zero-order chi connectivity index (χ0) is 15.6. The summed E-state index contributed by atoms with van der Waals surface area (Å²) >= 11 is 11.8. The molecule has 7 heteroatoms. The first-order valence-electron chi connectivity index (χ1n) is 6.47. The number of carboxylic acid groups (broad SMARTS) is 1. The van der Waals surface area contributed by atoms with Crippen molar-refractivity contribution in [3.63, 3.8) is 0 Å². The molecule has 1 aliphatic heterocycles. The molecule has 1 fully saturated rings. The van der Waals surface area contributed by atoms with Crippen LogP contribution in [-0.4, -0.2) is 29.7 Å². The summed E-state index contributed by atoms with van der Waals surface area (Å²) in [5, 5.41) is 12.6. The first-order chi connectivity index (χ1) is 9.84. The molecule has 0 bridgehead atoms. The van der Waals surface area contributed by atoms with E-state index in [0.29, 0.717) is 23.6 Å².